The molecule has 1 aromatic heterocycles. The van der Waals surface area contributed by atoms with E-state index in [1.807, 2.05) is 42.5 Å². The lowest BCUT2D eigenvalue weighted by atomic mass is 10.2. The number of nitrogens with zero attached hydrogens (tertiary/aromatic N) is 2. The second kappa shape index (κ2) is 9.70. The van der Waals surface area contributed by atoms with Gasteiger partial charge in [-0.2, -0.15) is 0 Å². The predicted octanol–water partition coefficient (Wildman–Crippen LogP) is 4.82. The lowest BCUT2D eigenvalue weighted by Crippen LogP contribution is -2.22. The number of nitrogens with one attached hydrogen (secondary N) is 1. The summed E-state index contributed by atoms with van der Waals surface area (Å²) in [6.45, 7) is 1.80. The van der Waals surface area contributed by atoms with Crippen LogP contribution >= 0.6 is 11.8 Å². The van der Waals surface area contributed by atoms with Crippen molar-refractivity contribution in [3.8, 4) is 11.4 Å². The highest BCUT2D eigenvalue weighted by atomic mass is 32.2. The number of benzene rings is 3. The van der Waals surface area contributed by atoms with Crippen LogP contribution in [0.2, 0.25) is 0 Å². The Morgan fingerprint density at radius 3 is 2.53 bits per heavy atom. The molecule has 4 rings (SSSR count). The molecule has 0 spiro atoms. The highest BCUT2D eigenvalue weighted by Crippen LogP contribution is 2.20. The van der Waals surface area contributed by atoms with E-state index in [1.165, 1.54) is 0 Å². The summed E-state index contributed by atoms with van der Waals surface area (Å²) < 4.78 is 6.76. The molecule has 3 aromatic carbocycles. The number of thioether (sulfide) groups is 1. The van der Waals surface area contributed by atoms with Gasteiger partial charge in [0.05, 0.1) is 23.7 Å². The van der Waals surface area contributed by atoms with E-state index >= 15 is 0 Å². The number of carbonyl (C=O) groups is 1. The Morgan fingerprint density at radius 2 is 1.81 bits per heavy atom. The number of fused-ring (bicyclic) bond motifs is 1. The summed E-state index contributed by atoms with van der Waals surface area (Å²) in [6, 6.07) is 22.4. The maximum absolute atomic E-state index is 13.2. The number of ether oxygens (including phenoxy) is 1. The van der Waals surface area contributed by atoms with Crippen LogP contribution in [0.15, 0.2) is 82.5 Å². The highest BCUT2D eigenvalue weighted by molar-refractivity contribution is 7.99. The molecule has 0 aliphatic heterocycles. The van der Waals surface area contributed by atoms with Crippen molar-refractivity contribution in [1.82, 2.24) is 9.55 Å². The van der Waals surface area contributed by atoms with Crippen LogP contribution in [0.1, 0.15) is 12.2 Å². The first-order valence-corrected chi connectivity index (χ1v) is 11.2. The zero-order valence-electron chi connectivity index (χ0n) is 17.9. The van der Waals surface area contributed by atoms with Crippen LogP contribution in [0.25, 0.3) is 16.6 Å². The van der Waals surface area contributed by atoms with Gasteiger partial charge in [0.25, 0.3) is 5.56 Å². The molecule has 6 nitrogen and oxygen atoms in total. The minimum Gasteiger partial charge on any atom is -0.497 e. The molecule has 7 heteroatoms. The number of aromatic nitrogens is 2. The fourth-order valence-electron chi connectivity index (χ4n) is 3.41. The van der Waals surface area contributed by atoms with Crippen molar-refractivity contribution in [2.45, 2.75) is 18.2 Å². The van der Waals surface area contributed by atoms with Gasteiger partial charge in [-0.3, -0.25) is 14.2 Å². The maximum Gasteiger partial charge on any atom is 0.266 e. The van der Waals surface area contributed by atoms with E-state index in [9.17, 15) is 9.59 Å². The Morgan fingerprint density at radius 1 is 1.06 bits per heavy atom. The number of carbonyl (C=O) groups excluding carboxylic acids is 1. The van der Waals surface area contributed by atoms with Gasteiger partial charge in [-0.05, 0) is 61.5 Å². The largest absolute Gasteiger partial charge is 0.497 e. The summed E-state index contributed by atoms with van der Waals surface area (Å²) in [7, 11) is 1.60. The third-order valence-corrected chi connectivity index (χ3v) is 6.01. The molecule has 0 aliphatic rings. The summed E-state index contributed by atoms with van der Waals surface area (Å²) in [6.07, 6.45) is 0.375. The van der Waals surface area contributed by atoms with E-state index in [0.717, 1.165) is 4.90 Å². The highest BCUT2D eigenvalue weighted by Gasteiger charge is 2.12. The fourth-order valence-corrected chi connectivity index (χ4v) is 4.28. The molecule has 0 atom stereocenters. The van der Waals surface area contributed by atoms with Crippen molar-refractivity contribution in [1.29, 1.82) is 0 Å². The zero-order chi connectivity index (χ0) is 22.5. The summed E-state index contributed by atoms with van der Waals surface area (Å²) in [5.41, 5.74) is 1.69. The first-order valence-electron chi connectivity index (χ1n) is 10.2. The van der Waals surface area contributed by atoms with E-state index in [2.05, 4.69) is 10.3 Å². The fraction of sp³-hybridized carbons (Fsp3) is 0.160. The van der Waals surface area contributed by atoms with Crippen LogP contribution in [0, 0.1) is 6.92 Å². The van der Waals surface area contributed by atoms with Crippen molar-refractivity contribution < 1.29 is 9.53 Å². The summed E-state index contributed by atoms with van der Waals surface area (Å²) in [4.78, 5) is 31.3. The van der Waals surface area contributed by atoms with Crippen LogP contribution in [0.5, 0.6) is 5.75 Å². The lowest BCUT2D eigenvalue weighted by Gasteiger charge is -2.12. The number of rotatable bonds is 7. The quantitative estimate of drug-likeness (QED) is 0.413. The molecule has 162 valence electrons. The third-order valence-electron chi connectivity index (χ3n) is 4.99. The van der Waals surface area contributed by atoms with E-state index in [4.69, 9.17) is 4.74 Å². The first kappa shape index (κ1) is 21.6. The van der Waals surface area contributed by atoms with Gasteiger partial charge in [0.1, 0.15) is 11.6 Å². The molecule has 32 heavy (non-hydrogen) atoms. The SMILES string of the molecule is COc1ccc(-n2c(C)nc3ccc(NC(=O)CCSc4ccccc4)cc3c2=O)cc1. The maximum atomic E-state index is 13.2. The normalized spacial score (nSPS) is 10.8. The van der Waals surface area contributed by atoms with Crippen LogP contribution in [0.4, 0.5) is 5.69 Å². The summed E-state index contributed by atoms with van der Waals surface area (Å²) >= 11 is 1.63. The Balaban J connectivity index is 1.53. The van der Waals surface area contributed by atoms with Crippen LogP contribution in [-0.2, 0) is 4.79 Å². The van der Waals surface area contributed by atoms with Gasteiger partial charge in [0, 0.05) is 22.8 Å². The topological polar surface area (TPSA) is 73.2 Å². The summed E-state index contributed by atoms with van der Waals surface area (Å²) in [5.74, 6) is 1.88. The molecule has 0 aliphatic carbocycles. The molecule has 1 N–H and O–H groups in total. The second-order valence-electron chi connectivity index (χ2n) is 7.19. The van der Waals surface area contributed by atoms with Crippen molar-refractivity contribution in [3.05, 3.63) is 89.0 Å². The third kappa shape index (κ3) is 4.84. The minimum atomic E-state index is -0.187. The first-order chi connectivity index (χ1) is 15.5. The number of anilines is 1. The van der Waals surface area contributed by atoms with Gasteiger partial charge in [0.15, 0.2) is 0 Å². The van der Waals surface area contributed by atoms with Gasteiger partial charge in [-0.25, -0.2) is 4.98 Å². The second-order valence-corrected chi connectivity index (χ2v) is 8.36. The van der Waals surface area contributed by atoms with E-state index in [0.29, 0.717) is 46.0 Å². The Hall–Kier alpha value is -3.58. The predicted molar refractivity (Wildman–Crippen MR) is 129 cm³/mol. The Labute approximate surface area is 190 Å². The minimum absolute atomic E-state index is 0.0941. The average molecular weight is 446 g/mol. The molecule has 0 saturated heterocycles. The Kier molecular flexibility index (Phi) is 6.56. The lowest BCUT2D eigenvalue weighted by molar-refractivity contribution is -0.115. The van der Waals surface area contributed by atoms with E-state index in [-0.39, 0.29) is 11.5 Å². The number of amides is 1. The van der Waals surface area contributed by atoms with Gasteiger partial charge >= 0.3 is 0 Å². The van der Waals surface area contributed by atoms with Gasteiger partial charge in [-0.15, -0.1) is 11.8 Å². The van der Waals surface area contributed by atoms with Gasteiger partial charge in [-0.1, -0.05) is 18.2 Å². The standard InChI is InChI=1S/C25H23N3O3S/c1-17-26-23-13-8-18(27-24(29)14-15-32-21-6-4-3-5-7-21)16-22(23)25(30)28(17)19-9-11-20(31-2)12-10-19/h3-13,16H,14-15H2,1-2H3,(H,27,29). The van der Waals surface area contributed by atoms with Crippen molar-refractivity contribution >= 4 is 34.3 Å². The molecular weight excluding hydrogens is 422 g/mol. The smallest absolute Gasteiger partial charge is 0.266 e. The van der Waals surface area contributed by atoms with E-state index < -0.39 is 0 Å². The molecular formula is C25H23N3O3S. The number of hydrogen-bond acceptors (Lipinski definition) is 5. The molecule has 0 fully saturated rings. The van der Waals surface area contributed by atoms with Crippen LogP contribution in [0.3, 0.4) is 0 Å². The summed E-state index contributed by atoms with van der Waals surface area (Å²) in [5, 5.41) is 3.34. The van der Waals surface area contributed by atoms with Crippen LogP contribution < -0.4 is 15.6 Å². The molecule has 0 radical (unpaired) electrons. The molecule has 0 bridgehead atoms. The van der Waals surface area contributed by atoms with Gasteiger partial charge in [0.2, 0.25) is 5.91 Å². The number of aryl methyl sites for hydroxylation is 1. The number of methoxy groups -OCH3 is 1. The molecule has 4 aromatic rings. The monoisotopic (exact) mass is 445 g/mol. The average Bonchev–Trinajstić information content (AvgIpc) is 2.81. The van der Waals surface area contributed by atoms with Crippen molar-refractivity contribution in [2.24, 2.45) is 0 Å². The van der Waals surface area contributed by atoms with E-state index in [1.54, 1.807) is 60.7 Å². The van der Waals surface area contributed by atoms with Gasteiger partial charge < -0.3 is 10.1 Å². The molecule has 0 unspecified atom stereocenters. The molecule has 0 saturated carbocycles. The molecule has 1 amide bonds. The Bertz CT molecular complexity index is 1300. The van der Waals surface area contributed by atoms with Crippen molar-refractivity contribution in [2.75, 3.05) is 18.2 Å². The van der Waals surface area contributed by atoms with Crippen LogP contribution in [-0.4, -0.2) is 28.3 Å². The van der Waals surface area contributed by atoms with Crippen molar-refractivity contribution in [3.63, 3.8) is 0 Å². The number of hydrogen-bond donors (Lipinski definition) is 1. The molecule has 1 heterocycles. The zero-order valence-corrected chi connectivity index (χ0v) is 18.7.